The Morgan fingerprint density at radius 1 is 1.23 bits per heavy atom. The second-order valence-electron chi connectivity index (χ2n) is 4.91. The van der Waals surface area contributed by atoms with Gasteiger partial charge in [-0.05, 0) is 30.7 Å². The molecule has 0 radical (unpaired) electrons. The smallest absolute Gasteiger partial charge is 0.141 e. The van der Waals surface area contributed by atoms with E-state index in [1.54, 1.807) is 10.7 Å². The van der Waals surface area contributed by atoms with Gasteiger partial charge < -0.3 is 5.73 Å². The molecule has 4 nitrogen and oxygen atoms in total. The van der Waals surface area contributed by atoms with Gasteiger partial charge in [0.05, 0.1) is 16.4 Å². The van der Waals surface area contributed by atoms with Crippen molar-refractivity contribution in [1.29, 1.82) is 0 Å². The van der Waals surface area contributed by atoms with Crippen LogP contribution in [0.15, 0.2) is 42.5 Å². The highest BCUT2D eigenvalue weighted by Crippen LogP contribution is 2.29. The lowest BCUT2D eigenvalue weighted by atomic mass is 10.0. The summed E-state index contributed by atoms with van der Waals surface area (Å²) in [4.78, 5) is 0. The van der Waals surface area contributed by atoms with Crippen molar-refractivity contribution >= 4 is 11.6 Å². The van der Waals surface area contributed by atoms with Crippen LogP contribution in [-0.4, -0.2) is 15.0 Å². The zero-order valence-corrected chi connectivity index (χ0v) is 12.7. The Balaban J connectivity index is 2.24. The summed E-state index contributed by atoms with van der Waals surface area (Å²) in [6.45, 7) is 2.27. The third kappa shape index (κ3) is 2.49. The number of benzene rings is 2. The quantitative estimate of drug-likeness (QED) is 0.804. The van der Waals surface area contributed by atoms with E-state index in [2.05, 4.69) is 10.3 Å². The number of nitrogens with two attached hydrogens (primary N) is 1. The first-order valence-electron chi connectivity index (χ1n) is 6.78. The van der Waals surface area contributed by atoms with Crippen molar-refractivity contribution in [3.63, 3.8) is 0 Å². The van der Waals surface area contributed by atoms with Gasteiger partial charge in [0.25, 0.3) is 0 Å². The molecule has 0 saturated carbocycles. The van der Waals surface area contributed by atoms with Crippen LogP contribution in [0.4, 0.5) is 4.39 Å². The molecule has 3 rings (SSSR count). The zero-order chi connectivity index (χ0) is 15.7. The van der Waals surface area contributed by atoms with E-state index >= 15 is 0 Å². The van der Waals surface area contributed by atoms with Crippen molar-refractivity contribution in [2.75, 3.05) is 0 Å². The minimum absolute atomic E-state index is 0.0398. The van der Waals surface area contributed by atoms with E-state index in [4.69, 9.17) is 17.3 Å². The zero-order valence-electron chi connectivity index (χ0n) is 11.9. The maximum absolute atomic E-state index is 13.4. The summed E-state index contributed by atoms with van der Waals surface area (Å²) < 4.78 is 15.0. The first kappa shape index (κ1) is 14.7. The first-order chi connectivity index (χ1) is 10.6. The summed E-state index contributed by atoms with van der Waals surface area (Å²) >= 11 is 5.87. The van der Waals surface area contributed by atoms with Gasteiger partial charge in [-0.15, -0.1) is 5.10 Å². The molecule has 0 aliphatic heterocycles. The lowest BCUT2D eigenvalue weighted by molar-refractivity contribution is 0.627. The van der Waals surface area contributed by atoms with Gasteiger partial charge in [-0.1, -0.05) is 41.1 Å². The van der Waals surface area contributed by atoms with E-state index in [9.17, 15) is 4.39 Å². The van der Waals surface area contributed by atoms with Gasteiger partial charge in [-0.3, -0.25) is 0 Å². The van der Waals surface area contributed by atoms with Crippen molar-refractivity contribution in [2.45, 2.75) is 13.5 Å². The maximum Gasteiger partial charge on any atom is 0.141 e. The number of rotatable bonds is 3. The van der Waals surface area contributed by atoms with Gasteiger partial charge in [0, 0.05) is 12.1 Å². The molecule has 0 saturated heterocycles. The van der Waals surface area contributed by atoms with E-state index < -0.39 is 5.82 Å². The number of nitrogens with zero attached hydrogens (tertiary/aromatic N) is 3. The minimum Gasteiger partial charge on any atom is -0.325 e. The molecule has 0 aliphatic carbocycles. The number of hydrogen-bond acceptors (Lipinski definition) is 3. The molecule has 1 aromatic heterocycles. The summed E-state index contributed by atoms with van der Waals surface area (Å²) in [7, 11) is 0. The molecule has 0 aliphatic rings. The fourth-order valence-corrected chi connectivity index (χ4v) is 2.53. The van der Waals surface area contributed by atoms with E-state index in [0.717, 1.165) is 16.8 Å². The largest absolute Gasteiger partial charge is 0.325 e. The number of aryl methyl sites for hydroxylation is 1. The van der Waals surface area contributed by atoms with Crippen LogP contribution in [-0.2, 0) is 6.54 Å². The van der Waals surface area contributed by atoms with Crippen molar-refractivity contribution < 1.29 is 4.39 Å². The summed E-state index contributed by atoms with van der Waals surface area (Å²) in [5.41, 5.74) is 9.95. The van der Waals surface area contributed by atoms with E-state index in [1.165, 1.54) is 12.1 Å². The first-order valence-corrected chi connectivity index (χ1v) is 7.15. The highest BCUT2D eigenvalue weighted by atomic mass is 35.5. The Morgan fingerprint density at radius 2 is 2.00 bits per heavy atom. The number of aromatic nitrogens is 3. The Labute approximate surface area is 132 Å². The summed E-state index contributed by atoms with van der Waals surface area (Å²) in [6.07, 6.45) is 0. The molecule has 0 unspecified atom stereocenters. The summed E-state index contributed by atoms with van der Waals surface area (Å²) in [5, 5.41) is 8.32. The van der Waals surface area contributed by atoms with Crippen LogP contribution < -0.4 is 5.73 Å². The molecule has 3 aromatic rings. The normalized spacial score (nSPS) is 10.9. The van der Waals surface area contributed by atoms with E-state index in [-0.39, 0.29) is 11.6 Å². The van der Waals surface area contributed by atoms with Crippen LogP contribution in [0.25, 0.3) is 16.9 Å². The molecule has 0 amide bonds. The third-order valence-corrected chi connectivity index (χ3v) is 3.77. The van der Waals surface area contributed by atoms with Crippen LogP contribution in [0.2, 0.25) is 5.02 Å². The molecular formula is C16H14ClFN4. The Morgan fingerprint density at radius 3 is 2.68 bits per heavy atom. The Kier molecular flexibility index (Phi) is 3.92. The van der Waals surface area contributed by atoms with Crippen molar-refractivity contribution in [3.8, 4) is 16.9 Å². The van der Waals surface area contributed by atoms with Crippen LogP contribution >= 0.6 is 11.6 Å². The van der Waals surface area contributed by atoms with Gasteiger partial charge in [-0.25, -0.2) is 9.07 Å². The van der Waals surface area contributed by atoms with Crippen LogP contribution in [0.5, 0.6) is 0 Å². The van der Waals surface area contributed by atoms with E-state index in [1.807, 2.05) is 31.2 Å². The Bertz CT molecular complexity index is 829. The van der Waals surface area contributed by atoms with Gasteiger partial charge >= 0.3 is 0 Å². The molecule has 2 N–H and O–H groups in total. The molecule has 0 fully saturated rings. The molecule has 2 aromatic carbocycles. The molecule has 22 heavy (non-hydrogen) atoms. The third-order valence-electron chi connectivity index (χ3n) is 3.48. The molecular weight excluding hydrogens is 303 g/mol. The van der Waals surface area contributed by atoms with Crippen molar-refractivity contribution in [3.05, 3.63) is 64.6 Å². The summed E-state index contributed by atoms with van der Waals surface area (Å²) in [6, 6.07) is 12.3. The summed E-state index contributed by atoms with van der Waals surface area (Å²) in [5.74, 6) is -0.470. The molecule has 0 atom stereocenters. The van der Waals surface area contributed by atoms with Crippen molar-refractivity contribution in [1.82, 2.24) is 15.0 Å². The molecule has 112 valence electrons. The monoisotopic (exact) mass is 316 g/mol. The molecule has 0 bridgehead atoms. The Hall–Kier alpha value is -2.24. The predicted molar refractivity (Wildman–Crippen MR) is 84.4 cm³/mol. The topological polar surface area (TPSA) is 56.7 Å². The fraction of sp³-hybridized carbons (Fsp3) is 0.125. The van der Waals surface area contributed by atoms with Gasteiger partial charge in [0.2, 0.25) is 0 Å². The average molecular weight is 317 g/mol. The predicted octanol–water partition coefficient (Wildman–Crippen LogP) is 3.49. The minimum atomic E-state index is -0.470. The lowest BCUT2D eigenvalue weighted by Crippen LogP contribution is -2.03. The van der Waals surface area contributed by atoms with Crippen LogP contribution in [0.3, 0.4) is 0 Å². The van der Waals surface area contributed by atoms with Gasteiger partial charge in [-0.2, -0.15) is 0 Å². The second kappa shape index (κ2) is 5.87. The standard InChI is InChI=1S/C16H14ClFN4/c1-10-4-2-3-5-12(10)16-15(9-19)20-21-22(16)11-6-7-14(18)13(17)8-11/h2-8H,9,19H2,1H3. The van der Waals surface area contributed by atoms with Crippen molar-refractivity contribution in [2.24, 2.45) is 5.73 Å². The molecule has 6 heteroatoms. The SMILES string of the molecule is Cc1ccccc1-c1c(CN)nnn1-c1ccc(F)c(Cl)c1. The van der Waals surface area contributed by atoms with Crippen LogP contribution in [0, 0.1) is 12.7 Å². The fourth-order valence-electron chi connectivity index (χ4n) is 2.36. The molecule has 1 heterocycles. The van der Waals surface area contributed by atoms with Crippen LogP contribution in [0.1, 0.15) is 11.3 Å². The second-order valence-corrected chi connectivity index (χ2v) is 5.32. The highest BCUT2D eigenvalue weighted by molar-refractivity contribution is 6.30. The van der Waals surface area contributed by atoms with Gasteiger partial charge in [0.15, 0.2) is 0 Å². The van der Waals surface area contributed by atoms with E-state index in [0.29, 0.717) is 11.4 Å². The average Bonchev–Trinajstić information content (AvgIpc) is 2.94. The lowest BCUT2D eigenvalue weighted by Gasteiger charge is -2.10. The maximum atomic E-state index is 13.4. The van der Waals surface area contributed by atoms with Gasteiger partial charge in [0.1, 0.15) is 11.5 Å². The highest BCUT2D eigenvalue weighted by Gasteiger charge is 2.17. The number of halogens is 2. The number of hydrogen-bond donors (Lipinski definition) is 1. The molecule has 0 spiro atoms.